The molecule has 0 N–H and O–H groups in total. The fourth-order valence-electron chi connectivity index (χ4n) is 2.52. The number of rotatable bonds is 6. The Hall–Kier alpha value is -2.11. The molecule has 0 amide bonds. The van der Waals surface area contributed by atoms with E-state index in [2.05, 4.69) is 4.98 Å². The standard InChI is InChI=1S/C20H19ClN2O2S/c1-3-25-20(24)13(2)26-19-16-6-4-5-7-17(16)22-18(23-19)12-14-8-10-15(21)11-9-14/h4-11,13H,3,12H2,1-2H3/t13-/m0/s1. The van der Waals surface area contributed by atoms with Crippen LogP contribution in [-0.2, 0) is 16.0 Å². The average Bonchev–Trinajstić information content (AvgIpc) is 2.64. The van der Waals surface area contributed by atoms with Gasteiger partial charge in [-0.15, -0.1) is 0 Å². The third-order valence-electron chi connectivity index (χ3n) is 3.80. The summed E-state index contributed by atoms with van der Waals surface area (Å²) in [6, 6.07) is 15.5. The molecule has 1 atom stereocenters. The Morgan fingerprint density at radius 3 is 2.62 bits per heavy atom. The van der Waals surface area contributed by atoms with Gasteiger partial charge in [0.15, 0.2) is 0 Å². The third-order valence-corrected chi connectivity index (χ3v) is 5.13. The van der Waals surface area contributed by atoms with Gasteiger partial charge in [0.2, 0.25) is 0 Å². The molecule has 1 aromatic heterocycles. The molecule has 0 unspecified atom stereocenters. The van der Waals surface area contributed by atoms with Crippen molar-refractivity contribution < 1.29 is 9.53 Å². The fraction of sp³-hybridized carbons (Fsp3) is 0.250. The number of carbonyl (C=O) groups excluding carboxylic acids is 1. The topological polar surface area (TPSA) is 52.1 Å². The lowest BCUT2D eigenvalue weighted by atomic mass is 10.1. The molecule has 0 bridgehead atoms. The number of aromatic nitrogens is 2. The lowest BCUT2D eigenvalue weighted by Crippen LogP contribution is -2.17. The molecule has 3 aromatic rings. The molecule has 0 spiro atoms. The zero-order valence-corrected chi connectivity index (χ0v) is 16.2. The number of benzene rings is 2. The molecule has 26 heavy (non-hydrogen) atoms. The van der Waals surface area contributed by atoms with E-state index < -0.39 is 0 Å². The van der Waals surface area contributed by atoms with E-state index in [0.717, 1.165) is 21.5 Å². The molecule has 0 radical (unpaired) electrons. The van der Waals surface area contributed by atoms with E-state index in [4.69, 9.17) is 21.3 Å². The molecule has 4 nitrogen and oxygen atoms in total. The van der Waals surface area contributed by atoms with E-state index in [9.17, 15) is 4.79 Å². The first kappa shape index (κ1) is 18.7. The Morgan fingerprint density at radius 1 is 1.15 bits per heavy atom. The van der Waals surface area contributed by atoms with Crippen molar-refractivity contribution in [3.05, 3.63) is 64.9 Å². The van der Waals surface area contributed by atoms with E-state index in [0.29, 0.717) is 23.9 Å². The van der Waals surface area contributed by atoms with Crippen molar-refractivity contribution in [3.63, 3.8) is 0 Å². The van der Waals surface area contributed by atoms with Crippen molar-refractivity contribution in [3.8, 4) is 0 Å². The highest BCUT2D eigenvalue weighted by molar-refractivity contribution is 8.00. The molecule has 3 rings (SSSR count). The number of para-hydroxylation sites is 1. The van der Waals surface area contributed by atoms with Crippen LogP contribution in [0.25, 0.3) is 10.9 Å². The Kier molecular flexibility index (Phi) is 6.12. The molecular formula is C20H19ClN2O2S. The molecule has 6 heteroatoms. The van der Waals surface area contributed by atoms with Crippen LogP contribution < -0.4 is 0 Å². The van der Waals surface area contributed by atoms with Gasteiger partial charge >= 0.3 is 5.97 Å². The fourth-order valence-corrected chi connectivity index (χ4v) is 3.61. The molecule has 0 fully saturated rings. The molecule has 0 aliphatic carbocycles. The van der Waals surface area contributed by atoms with Gasteiger partial charge in [0.05, 0.1) is 12.1 Å². The first-order valence-electron chi connectivity index (χ1n) is 8.40. The van der Waals surface area contributed by atoms with Gasteiger partial charge in [-0.2, -0.15) is 0 Å². The molecule has 0 saturated heterocycles. The Labute approximate surface area is 162 Å². The second kappa shape index (κ2) is 8.52. The number of fused-ring (bicyclic) bond motifs is 1. The predicted molar refractivity (Wildman–Crippen MR) is 106 cm³/mol. The zero-order chi connectivity index (χ0) is 18.5. The lowest BCUT2D eigenvalue weighted by Gasteiger charge is -2.12. The van der Waals surface area contributed by atoms with Crippen molar-refractivity contribution in [2.24, 2.45) is 0 Å². The van der Waals surface area contributed by atoms with Crippen LogP contribution in [0.15, 0.2) is 53.6 Å². The van der Waals surface area contributed by atoms with Gasteiger partial charge in [-0.1, -0.05) is 53.7 Å². The highest BCUT2D eigenvalue weighted by Gasteiger charge is 2.19. The first-order valence-corrected chi connectivity index (χ1v) is 9.66. The summed E-state index contributed by atoms with van der Waals surface area (Å²) in [5.41, 5.74) is 1.95. The number of hydrogen-bond acceptors (Lipinski definition) is 5. The van der Waals surface area contributed by atoms with Crippen molar-refractivity contribution in [2.45, 2.75) is 30.5 Å². The molecule has 134 valence electrons. The maximum absolute atomic E-state index is 12.0. The van der Waals surface area contributed by atoms with Crippen LogP contribution in [0, 0.1) is 0 Å². The van der Waals surface area contributed by atoms with Crippen molar-refractivity contribution in [1.29, 1.82) is 0 Å². The number of thioether (sulfide) groups is 1. The molecule has 2 aromatic carbocycles. The number of halogens is 1. The zero-order valence-electron chi connectivity index (χ0n) is 14.6. The predicted octanol–water partition coefficient (Wildman–Crippen LogP) is 4.92. The van der Waals surface area contributed by atoms with Crippen molar-refractivity contribution in [2.75, 3.05) is 6.61 Å². The lowest BCUT2D eigenvalue weighted by molar-refractivity contribution is -0.142. The highest BCUT2D eigenvalue weighted by Crippen LogP contribution is 2.29. The Bertz CT molecular complexity index is 915. The van der Waals surface area contributed by atoms with Crippen LogP contribution >= 0.6 is 23.4 Å². The number of esters is 1. The van der Waals surface area contributed by atoms with E-state index in [1.807, 2.05) is 55.5 Å². The third kappa shape index (κ3) is 4.54. The van der Waals surface area contributed by atoms with Crippen LogP contribution in [0.4, 0.5) is 0 Å². The van der Waals surface area contributed by atoms with Gasteiger partial charge < -0.3 is 4.74 Å². The summed E-state index contributed by atoms with van der Waals surface area (Å²) in [7, 11) is 0. The van der Waals surface area contributed by atoms with Gasteiger partial charge in [-0.05, 0) is 37.6 Å². The summed E-state index contributed by atoms with van der Waals surface area (Å²) in [5, 5.41) is 2.10. The average molecular weight is 387 g/mol. The van der Waals surface area contributed by atoms with Gasteiger partial charge in [0.25, 0.3) is 0 Å². The minimum Gasteiger partial charge on any atom is -0.465 e. The van der Waals surface area contributed by atoms with E-state index in [1.54, 1.807) is 6.92 Å². The summed E-state index contributed by atoms with van der Waals surface area (Å²) in [5.74, 6) is 0.476. The summed E-state index contributed by atoms with van der Waals surface area (Å²) < 4.78 is 5.11. The Morgan fingerprint density at radius 2 is 1.88 bits per heavy atom. The van der Waals surface area contributed by atoms with Crippen LogP contribution in [-0.4, -0.2) is 27.8 Å². The van der Waals surface area contributed by atoms with Crippen LogP contribution in [0.3, 0.4) is 0 Å². The number of ether oxygens (including phenoxy) is 1. The van der Waals surface area contributed by atoms with Gasteiger partial charge in [-0.25, -0.2) is 9.97 Å². The summed E-state index contributed by atoms with van der Waals surface area (Å²) in [6.45, 7) is 4.01. The monoisotopic (exact) mass is 386 g/mol. The highest BCUT2D eigenvalue weighted by atomic mass is 35.5. The summed E-state index contributed by atoms with van der Waals surface area (Å²) >= 11 is 7.35. The smallest absolute Gasteiger partial charge is 0.319 e. The summed E-state index contributed by atoms with van der Waals surface area (Å²) in [6.07, 6.45) is 0.601. The maximum atomic E-state index is 12.0. The maximum Gasteiger partial charge on any atom is 0.319 e. The SMILES string of the molecule is CCOC(=O)[C@H](C)Sc1nc(Cc2ccc(Cl)cc2)nc2ccccc12. The second-order valence-corrected chi connectivity index (χ2v) is 7.54. The van der Waals surface area contributed by atoms with Crippen LogP contribution in [0.2, 0.25) is 5.02 Å². The number of carbonyl (C=O) groups is 1. The molecular weight excluding hydrogens is 368 g/mol. The minimum atomic E-state index is -0.336. The first-order chi connectivity index (χ1) is 12.6. The number of nitrogens with zero attached hydrogens (tertiary/aromatic N) is 2. The Balaban J connectivity index is 1.93. The van der Waals surface area contributed by atoms with Gasteiger partial charge in [0, 0.05) is 16.8 Å². The van der Waals surface area contributed by atoms with Crippen LogP contribution in [0.5, 0.6) is 0 Å². The minimum absolute atomic E-state index is 0.237. The molecule has 0 aliphatic heterocycles. The van der Waals surface area contributed by atoms with E-state index in [-0.39, 0.29) is 11.2 Å². The number of hydrogen-bond donors (Lipinski definition) is 0. The van der Waals surface area contributed by atoms with Crippen molar-refractivity contribution in [1.82, 2.24) is 9.97 Å². The molecule has 1 heterocycles. The quantitative estimate of drug-likeness (QED) is 0.342. The second-order valence-electron chi connectivity index (χ2n) is 5.78. The molecule has 0 aliphatic rings. The van der Waals surface area contributed by atoms with E-state index >= 15 is 0 Å². The van der Waals surface area contributed by atoms with Gasteiger partial charge in [0.1, 0.15) is 16.1 Å². The van der Waals surface area contributed by atoms with Crippen molar-refractivity contribution >= 4 is 40.2 Å². The normalized spacial score (nSPS) is 12.1. The van der Waals surface area contributed by atoms with Gasteiger partial charge in [-0.3, -0.25) is 4.79 Å². The molecule has 0 saturated carbocycles. The van der Waals surface area contributed by atoms with E-state index in [1.165, 1.54) is 11.8 Å². The largest absolute Gasteiger partial charge is 0.465 e. The van der Waals surface area contributed by atoms with Crippen LogP contribution in [0.1, 0.15) is 25.2 Å². The summed E-state index contributed by atoms with van der Waals surface area (Å²) in [4.78, 5) is 21.4.